The van der Waals surface area contributed by atoms with Crippen LogP contribution in [0.5, 0.6) is 0 Å². The van der Waals surface area contributed by atoms with Crippen LogP contribution in [-0.2, 0) is 4.74 Å². The van der Waals surface area contributed by atoms with Crippen molar-refractivity contribution in [3.63, 3.8) is 0 Å². The van der Waals surface area contributed by atoms with Crippen molar-refractivity contribution in [3.05, 3.63) is 0 Å². The van der Waals surface area contributed by atoms with Gasteiger partial charge < -0.3 is 9.84 Å². The molecule has 0 bridgehead atoms. The van der Waals surface area contributed by atoms with Gasteiger partial charge >= 0.3 is 12.2 Å². The quantitative estimate of drug-likeness (QED) is 0.728. The van der Waals surface area contributed by atoms with Crippen molar-refractivity contribution in [3.8, 4) is 0 Å². The van der Waals surface area contributed by atoms with E-state index in [9.17, 15) is 14.7 Å². The topological polar surface area (TPSA) is 91.2 Å². The third-order valence-electron chi connectivity index (χ3n) is 3.21. The van der Waals surface area contributed by atoms with Crippen LogP contribution in [0.3, 0.4) is 0 Å². The average Bonchev–Trinajstić information content (AvgIpc) is 2.32. The zero-order chi connectivity index (χ0) is 17.1. The average molecular weight is 313 g/mol. The lowest BCUT2D eigenvalue weighted by Crippen LogP contribution is -2.55. The van der Waals surface area contributed by atoms with Gasteiger partial charge in [0.2, 0.25) is 0 Å². The van der Waals surface area contributed by atoms with Crippen LogP contribution in [-0.4, -0.2) is 46.1 Å². The summed E-state index contributed by atoms with van der Waals surface area (Å²) in [7, 11) is 0. The molecule has 2 N–H and O–H groups in total. The first-order valence-corrected chi connectivity index (χ1v) is 7.47. The van der Waals surface area contributed by atoms with Gasteiger partial charge in [0.1, 0.15) is 5.60 Å². The second kappa shape index (κ2) is 6.54. The van der Waals surface area contributed by atoms with Crippen LogP contribution >= 0.6 is 0 Å². The fourth-order valence-electron chi connectivity index (χ4n) is 2.59. The minimum absolute atomic E-state index is 0.312. The second-order valence-electron chi connectivity index (χ2n) is 7.56. The Morgan fingerprint density at radius 1 is 1.27 bits per heavy atom. The number of amides is 2. The van der Waals surface area contributed by atoms with E-state index in [-0.39, 0.29) is 11.5 Å². The van der Waals surface area contributed by atoms with Gasteiger partial charge in [0, 0.05) is 6.54 Å². The predicted molar refractivity (Wildman–Crippen MR) is 84.0 cm³/mol. The molecule has 1 unspecified atom stereocenters. The van der Waals surface area contributed by atoms with Gasteiger partial charge in [0.25, 0.3) is 0 Å². The minimum Gasteiger partial charge on any atom is -0.465 e. The van der Waals surface area contributed by atoms with Crippen LogP contribution in [0.15, 0.2) is 5.10 Å². The molecule has 0 aromatic carbocycles. The largest absolute Gasteiger partial charge is 0.465 e. The summed E-state index contributed by atoms with van der Waals surface area (Å²) in [5.74, 6) is 0. The third kappa shape index (κ3) is 5.20. The van der Waals surface area contributed by atoms with E-state index >= 15 is 0 Å². The number of carbonyl (C=O) groups is 2. The number of rotatable bonds is 1. The second-order valence-corrected chi connectivity index (χ2v) is 7.56. The molecular weight excluding hydrogens is 286 g/mol. The first-order chi connectivity index (χ1) is 9.92. The van der Waals surface area contributed by atoms with Gasteiger partial charge in [-0.25, -0.2) is 15.0 Å². The maximum absolute atomic E-state index is 11.7. The molecule has 0 aliphatic carbocycles. The Balaban J connectivity index is 2.92. The van der Waals surface area contributed by atoms with Crippen molar-refractivity contribution in [2.45, 2.75) is 66.0 Å². The number of nitrogens with one attached hydrogen (secondary N) is 1. The summed E-state index contributed by atoms with van der Waals surface area (Å²) in [6, 6.07) is -0.367. The molecule has 22 heavy (non-hydrogen) atoms. The molecule has 7 heteroatoms. The zero-order valence-electron chi connectivity index (χ0n) is 14.3. The highest BCUT2D eigenvalue weighted by Crippen LogP contribution is 2.30. The normalized spacial score (nSPS) is 21.6. The van der Waals surface area contributed by atoms with E-state index in [1.54, 1.807) is 20.8 Å². The molecule has 0 aromatic heterocycles. The number of carbonyl (C=O) groups excluding carboxylic acids is 1. The Morgan fingerprint density at radius 2 is 1.86 bits per heavy atom. The first-order valence-electron chi connectivity index (χ1n) is 7.47. The fraction of sp³-hybridized carbons (Fsp3) is 0.800. The molecule has 0 radical (unpaired) electrons. The maximum atomic E-state index is 11.7. The fourth-order valence-corrected chi connectivity index (χ4v) is 2.59. The molecule has 126 valence electrons. The van der Waals surface area contributed by atoms with E-state index < -0.39 is 17.8 Å². The lowest BCUT2D eigenvalue weighted by Gasteiger charge is -2.42. The van der Waals surface area contributed by atoms with Crippen molar-refractivity contribution in [2.75, 3.05) is 6.54 Å². The van der Waals surface area contributed by atoms with Crippen LogP contribution in [0.25, 0.3) is 0 Å². The van der Waals surface area contributed by atoms with E-state index in [0.29, 0.717) is 25.1 Å². The number of ether oxygens (including phenoxy) is 1. The summed E-state index contributed by atoms with van der Waals surface area (Å²) in [5, 5.41) is 13.5. The number of hydrazone groups is 1. The van der Waals surface area contributed by atoms with E-state index in [2.05, 4.69) is 10.5 Å². The molecule has 0 aromatic rings. The standard InChI is InChI=1S/C15H27N3O4/c1-14(2,3)11-10(8-7-9-18(11)13(20)21)16-17-12(19)22-15(4,5)6/h11H,7-9H2,1-6H3,(H,17,19)(H,20,21)/b16-10+. The minimum atomic E-state index is -0.968. The molecule has 1 fully saturated rings. The summed E-state index contributed by atoms with van der Waals surface area (Å²) in [4.78, 5) is 24.5. The van der Waals surface area contributed by atoms with Crippen LogP contribution < -0.4 is 5.43 Å². The summed E-state index contributed by atoms with van der Waals surface area (Å²) < 4.78 is 5.14. The number of likely N-dealkylation sites (tertiary alicyclic amines) is 1. The number of hydrogen-bond donors (Lipinski definition) is 2. The lowest BCUT2D eigenvalue weighted by atomic mass is 9.79. The van der Waals surface area contributed by atoms with Crippen molar-refractivity contribution in [1.82, 2.24) is 10.3 Å². The smallest absolute Gasteiger partial charge is 0.428 e. The summed E-state index contributed by atoms with van der Waals surface area (Å²) in [6.45, 7) is 11.7. The summed E-state index contributed by atoms with van der Waals surface area (Å²) in [6.07, 6.45) is -0.264. The highest BCUT2D eigenvalue weighted by Gasteiger charge is 2.39. The van der Waals surface area contributed by atoms with Crippen molar-refractivity contribution in [2.24, 2.45) is 10.5 Å². The molecule has 0 spiro atoms. The maximum Gasteiger partial charge on any atom is 0.428 e. The molecular formula is C15H27N3O4. The summed E-state index contributed by atoms with van der Waals surface area (Å²) >= 11 is 0. The SMILES string of the molecule is CC(C)(C)OC(=O)N/N=C1\CCCN(C(=O)O)C1C(C)(C)C. The van der Waals surface area contributed by atoms with E-state index in [1.807, 2.05) is 20.8 Å². The number of hydrogen-bond acceptors (Lipinski definition) is 4. The van der Waals surface area contributed by atoms with Gasteiger partial charge in [-0.05, 0) is 39.0 Å². The monoisotopic (exact) mass is 313 g/mol. The first kappa shape index (κ1) is 18.3. The van der Waals surface area contributed by atoms with Crippen LogP contribution in [0.1, 0.15) is 54.4 Å². The molecule has 0 saturated carbocycles. The van der Waals surface area contributed by atoms with E-state index in [0.717, 1.165) is 0 Å². The Bertz CT molecular complexity index is 460. The molecule has 7 nitrogen and oxygen atoms in total. The van der Waals surface area contributed by atoms with Gasteiger partial charge in [-0.1, -0.05) is 20.8 Å². The highest BCUT2D eigenvalue weighted by atomic mass is 16.6. The van der Waals surface area contributed by atoms with Gasteiger partial charge in [0.15, 0.2) is 0 Å². The van der Waals surface area contributed by atoms with Crippen LogP contribution in [0.4, 0.5) is 9.59 Å². The van der Waals surface area contributed by atoms with Gasteiger partial charge in [-0.15, -0.1) is 0 Å². The van der Waals surface area contributed by atoms with Gasteiger partial charge in [-0.2, -0.15) is 5.10 Å². The zero-order valence-corrected chi connectivity index (χ0v) is 14.3. The predicted octanol–water partition coefficient (Wildman–Crippen LogP) is 3.06. The Kier molecular flexibility index (Phi) is 5.43. The molecule has 1 saturated heterocycles. The van der Waals surface area contributed by atoms with Crippen molar-refractivity contribution in [1.29, 1.82) is 0 Å². The van der Waals surface area contributed by atoms with Gasteiger partial charge in [-0.3, -0.25) is 4.90 Å². The molecule has 1 heterocycles. The highest BCUT2D eigenvalue weighted by molar-refractivity contribution is 5.94. The van der Waals surface area contributed by atoms with Crippen LogP contribution in [0, 0.1) is 5.41 Å². The van der Waals surface area contributed by atoms with Gasteiger partial charge in [0.05, 0.1) is 11.8 Å². The molecule has 1 atom stereocenters. The van der Waals surface area contributed by atoms with Crippen molar-refractivity contribution >= 4 is 17.9 Å². The van der Waals surface area contributed by atoms with E-state index in [1.165, 1.54) is 4.90 Å². The lowest BCUT2D eigenvalue weighted by molar-refractivity contribution is 0.0527. The van der Waals surface area contributed by atoms with Crippen LogP contribution in [0.2, 0.25) is 0 Å². The molecule has 1 aliphatic heterocycles. The molecule has 1 aliphatic rings. The Morgan fingerprint density at radius 3 is 2.32 bits per heavy atom. The molecule has 1 rings (SSSR count). The Labute approximate surface area is 131 Å². The Hall–Kier alpha value is -1.79. The van der Waals surface area contributed by atoms with Crippen molar-refractivity contribution < 1.29 is 19.4 Å². The number of nitrogens with zero attached hydrogens (tertiary/aromatic N) is 2. The number of carboxylic acid groups (broad SMARTS) is 1. The summed E-state index contributed by atoms with van der Waals surface area (Å²) in [5.41, 5.74) is 2.12. The van der Waals surface area contributed by atoms with E-state index in [4.69, 9.17) is 4.74 Å². The number of piperidine rings is 1. The molecule has 2 amide bonds. The third-order valence-corrected chi connectivity index (χ3v) is 3.21.